The van der Waals surface area contributed by atoms with Gasteiger partial charge in [-0.2, -0.15) is 5.10 Å². The largest absolute Gasteiger partial charge is 0.337 e. The van der Waals surface area contributed by atoms with Gasteiger partial charge in [0.15, 0.2) is 5.65 Å². The van der Waals surface area contributed by atoms with E-state index in [1.807, 2.05) is 30.9 Å². The molecule has 0 saturated heterocycles. The topological polar surface area (TPSA) is 50.5 Å². The lowest BCUT2D eigenvalue weighted by molar-refractivity contribution is 0.0746. The van der Waals surface area contributed by atoms with Gasteiger partial charge in [-0.3, -0.25) is 4.79 Å². The van der Waals surface area contributed by atoms with Crippen LogP contribution in [-0.4, -0.2) is 38.5 Å². The van der Waals surface area contributed by atoms with Crippen molar-refractivity contribution in [2.75, 3.05) is 13.1 Å². The highest BCUT2D eigenvalue weighted by atomic mass is 35.5. The molecule has 2 aromatic heterocycles. The summed E-state index contributed by atoms with van der Waals surface area (Å²) < 4.78 is 16.1. The van der Waals surface area contributed by atoms with E-state index in [9.17, 15) is 9.18 Å². The van der Waals surface area contributed by atoms with Crippen molar-refractivity contribution in [2.45, 2.75) is 26.7 Å². The Labute approximate surface area is 191 Å². The van der Waals surface area contributed by atoms with Crippen molar-refractivity contribution in [3.8, 4) is 22.5 Å². The number of halogens is 2. The highest BCUT2D eigenvalue weighted by Gasteiger charge is 2.22. The Kier molecular flexibility index (Phi) is 6.51. The van der Waals surface area contributed by atoms with Gasteiger partial charge in [0.1, 0.15) is 11.5 Å². The Morgan fingerprint density at radius 2 is 1.69 bits per heavy atom. The van der Waals surface area contributed by atoms with Crippen molar-refractivity contribution < 1.29 is 9.18 Å². The molecule has 7 heteroatoms. The molecule has 2 aromatic carbocycles. The van der Waals surface area contributed by atoms with Gasteiger partial charge in [-0.05, 0) is 43.2 Å². The molecule has 0 atom stereocenters. The summed E-state index contributed by atoms with van der Waals surface area (Å²) in [4.78, 5) is 20.0. The Morgan fingerprint density at radius 1 is 1.00 bits per heavy atom. The van der Waals surface area contributed by atoms with E-state index >= 15 is 0 Å². The molecule has 164 valence electrons. The fraction of sp³-hybridized carbons (Fsp3) is 0.240. The maximum Gasteiger partial charge on any atom is 0.272 e. The molecule has 4 aromatic rings. The highest BCUT2D eigenvalue weighted by Crippen LogP contribution is 2.27. The minimum atomic E-state index is -0.390. The lowest BCUT2D eigenvalue weighted by Gasteiger charge is -2.22. The Morgan fingerprint density at radius 3 is 2.34 bits per heavy atom. The van der Waals surface area contributed by atoms with Crippen molar-refractivity contribution in [1.82, 2.24) is 19.5 Å². The van der Waals surface area contributed by atoms with E-state index in [0.717, 1.165) is 18.4 Å². The zero-order chi connectivity index (χ0) is 22.7. The maximum atomic E-state index is 14.5. The molecule has 0 N–H and O–H groups in total. The van der Waals surface area contributed by atoms with Crippen LogP contribution in [0.4, 0.5) is 4.39 Å². The molecule has 5 nitrogen and oxygen atoms in total. The van der Waals surface area contributed by atoms with Gasteiger partial charge in [-0.15, -0.1) is 0 Å². The molecule has 0 radical (unpaired) electrons. The number of hydrogen-bond acceptors (Lipinski definition) is 3. The van der Waals surface area contributed by atoms with E-state index < -0.39 is 0 Å². The molecule has 0 bridgehead atoms. The first-order valence-corrected chi connectivity index (χ1v) is 11.1. The first-order chi connectivity index (χ1) is 15.5. The van der Waals surface area contributed by atoms with E-state index in [1.165, 1.54) is 6.07 Å². The molecule has 0 aliphatic rings. The predicted octanol–water partition coefficient (Wildman–Crippen LogP) is 6.12. The van der Waals surface area contributed by atoms with Crippen LogP contribution in [0.25, 0.3) is 28.2 Å². The second-order valence-electron chi connectivity index (χ2n) is 7.61. The molecule has 2 heterocycles. The molecule has 0 aliphatic heterocycles. The van der Waals surface area contributed by atoms with Crippen LogP contribution < -0.4 is 0 Å². The van der Waals surface area contributed by atoms with Gasteiger partial charge >= 0.3 is 0 Å². The van der Waals surface area contributed by atoms with Crippen LogP contribution in [0.1, 0.15) is 37.2 Å². The summed E-state index contributed by atoms with van der Waals surface area (Å²) in [6, 6.07) is 17.2. The summed E-state index contributed by atoms with van der Waals surface area (Å²) in [6.07, 6.45) is 1.69. The predicted molar refractivity (Wildman–Crippen MR) is 125 cm³/mol. The maximum absolute atomic E-state index is 14.5. The van der Waals surface area contributed by atoms with Gasteiger partial charge in [0.2, 0.25) is 0 Å². The SMILES string of the molecule is CCCN(CCC)C(=O)c1cc(-c2ccccc2F)nc2cc(-c3ccc(Cl)cc3)nn12. The van der Waals surface area contributed by atoms with Crippen LogP contribution in [0.15, 0.2) is 60.7 Å². The summed E-state index contributed by atoms with van der Waals surface area (Å²) in [7, 11) is 0. The summed E-state index contributed by atoms with van der Waals surface area (Å²) in [5.74, 6) is -0.538. The number of aromatic nitrogens is 3. The molecule has 0 fully saturated rings. The van der Waals surface area contributed by atoms with Crippen LogP contribution >= 0.6 is 11.6 Å². The van der Waals surface area contributed by atoms with Crippen LogP contribution in [-0.2, 0) is 0 Å². The number of benzene rings is 2. The molecular formula is C25H24ClFN4O. The summed E-state index contributed by atoms with van der Waals surface area (Å²) >= 11 is 6.02. The molecule has 1 amide bonds. The van der Waals surface area contributed by atoms with Gasteiger partial charge in [0, 0.05) is 35.3 Å². The van der Waals surface area contributed by atoms with Gasteiger partial charge in [0.05, 0.1) is 11.4 Å². The molecule has 0 saturated carbocycles. The Balaban J connectivity index is 1.91. The van der Waals surface area contributed by atoms with Crippen molar-refractivity contribution in [2.24, 2.45) is 0 Å². The van der Waals surface area contributed by atoms with Gasteiger partial charge < -0.3 is 4.90 Å². The Hall–Kier alpha value is -3.25. The smallest absolute Gasteiger partial charge is 0.272 e. The molecule has 0 unspecified atom stereocenters. The number of amides is 1. The van der Waals surface area contributed by atoms with Crippen molar-refractivity contribution in [3.63, 3.8) is 0 Å². The summed E-state index contributed by atoms with van der Waals surface area (Å²) in [6.45, 7) is 5.35. The number of carbonyl (C=O) groups is 1. The lowest BCUT2D eigenvalue weighted by atomic mass is 10.1. The summed E-state index contributed by atoms with van der Waals surface area (Å²) in [5.41, 5.74) is 3.09. The fourth-order valence-electron chi connectivity index (χ4n) is 3.71. The van der Waals surface area contributed by atoms with Crippen molar-refractivity contribution in [1.29, 1.82) is 0 Å². The third-order valence-corrected chi connectivity index (χ3v) is 5.46. The minimum Gasteiger partial charge on any atom is -0.337 e. The molecular weight excluding hydrogens is 427 g/mol. The molecule has 32 heavy (non-hydrogen) atoms. The van der Waals surface area contributed by atoms with E-state index in [0.29, 0.717) is 46.4 Å². The zero-order valence-corrected chi connectivity index (χ0v) is 18.8. The molecule has 0 aliphatic carbocycles. The zero-order valence-electron chi connectivity index (χ0n) is 18.1. The monoisotopic (exact) mass is 450 g/mol. The second kappa shape index (κ2) is 9.49. The number of carbonyl (C=O) groups excluding carboxylic acids is 1. The van der Waals surface area contributed by atoms with Crippen LogP contribution in [0.2, 0.25) is 5.02 Å². The molecule has 4 rings (SSSR count). The summed E-state index contributed by atoms with van der Waals surface area (Å²) in [5, 5.41) is 5.29. The van der Waals surface area contributed by atoms with E-state index in [2.05, 4.69) is 10.1 Å². The highest BCUT2D eigenvalue weighted by molar-refractivity contribution is 6.30. The quantitative estimate of drug-likeness (QED) is 0.341. The lowest BCUT2D eigenvalue weighted by Crippen LogP contribution is -2.34. The first-order valence-electron chi connectivity index (χ1n) is 10.7. The third kappa shape index (κ3) is 4.36. The number of rotatable bonds is 7. The van der Waals surface area contributed by atoms with Crippen molar-refractivity contribution in [3.05, 3.63) is 77.2 Å². The number of hydrogen-bond donors (Lipinski definition) is 0. The average molecular weight is 451 g/mol. The second-order valence-corrected chi connectivity index (χ2v) is 8.04. The van der Waals surface area contributed by atoms with Gasteiger partial charge in [-0.1, -0.05) is 49.7 Å². The van der Waals surface area contributed by atoms with Gasteiger partial charge in [-0.25, -0.2) is 13.9 Å². The standard InChI is InChI=1S/C25H24ClFN4O/c1-3-13-30(14-4-2)25(32)23-15-22(19-7-5-6-8-20(19)27)28-24-16-21(29-31(23)24)17-9-11-18(26)12-10-17/h5-12,15-16H,3-4,13-14H2,1-2H3. The number of nitrogens with zero attached hydrogens (tertiary/aromatic N) is 4. The van der Waals surface area contributed by atoms with E-state index in [-0.39, 0.29) is 11.7 Å². The van der Waals surface area contributed by atoms with Gasteiger partial charge in [0.25, 0.3) is 5.91 Å². The van der Waals surface area contributed by atoms with Crippen LogP contribution in [0.3, 0.4) is 0 Å². The minimum absolute atomic E-state index is 0.149. The third-order valence-electron chi connectivity index (χ3n) is 5.21. The van der Waals surface area contributed by atoms with Crippen LogP contribution in [0, 0.1) is 5.82 Å². The fourth-order valence-corrected chi connectivity index (χ4v) is 3.84. The molecule has 0 spiro atoms. The Bertz CT molecular complexity index is 1250. The van der Waals surface area contributed by atoms with Crippen molar-refractivity contribution >= 4 is 23.2 Å². The van der Waals surface area contributed by atoms with Crippen LogP contribution in [0.5, 0.6) is 0 Å². The average Bonchev–Trinajstić information content (AvgIpc) is 3.23. The normalized spacial score (nSPS) is 11.1. The number of fused-ring (bicyclic) bond motifs is 1. The van der Waals surface area contributed by atoms with E-state index in [4.69, 9.17) is 11.6 Å². The van der Waals surface area contributed by atoms with E-state index in [1.54, 1.807) is 47.0 Å². The first kappa shape index (κ1) is 22.0.